The molecule has 162 valence electrons. The van der Waals surface area contributed by atoms with Crippen molar-refractivity contribution in [1.82, 2.24) is 9.97 Å². The van der Waals surface area contributed by atoms with E-state index >= 15 is 0 Å². The molecule has 4 aromatic carbocycles. The first-order valence-electron chi connectivity index (χ1n) is 11.1. The number of carbonyl (C=O) groups is 1. The van der Waals surface area contributed by atoms with Gasteiger partial charge >= 0.3 is 0 Å². The molecule has 0 aliphatic carbocycles. The number of benzene rings is 4. The van der Waals surface area contributed by atoms with Crippen LogP contribution < -0.4 is 0 Å². The van der Waals surface area contributed by atoms with Crippen LogP contribution in [-0.2, 0) is 0 Å². The smallest absolute Gasteiger partial charge is 0.185 e. The van der Waals surface area contributed by atoms with Crippen LogP contribution in [0.3, 0.4) is 0 Å². The zero-order valence-electron chi connectivity index (χ0n) is 18.5. The number of allylic oxidation sites excluding steroid dienone is 1. The highest BCUT2D eigenvalue weighted by atomic mass is 16.1. The average molecular weight is 439 g/mol. The van der Waals surface area contributed by atoms with E-state index in [9.17, 15) is 4.79 Å². The van der Waals surface area contributed by atoms with Gasteiger partial charge in [-0.1, -0.05) is 115 Å². The summed E-state index contributed by atoms with van der Waals surface area (Å²) in [5, 5.41) is 0. The van der Waals surface area contributed by atoms with Gasteiger partial charge in [0.15, 0.2) is 11.6 Å². The molecular weight excluding hydrogens is 416 g/mol. The van der Waals surface area contributed by atoms with Crippen LogP contribution in [0.5, 0.6) is 0 Å². The van der Waals surface area contributed by atoms with E-state index in [4.69, 9.17) is 9.97 Å². The Kier molecular flexibility index (Phi) is 6.17. The van der Waals surface area contributed by atoms with Crippen molar-refractivity contribution in [3.63, 3.8) is 0 Å². The summed E-state index contributed by atoms with van der Waals surface area (Å²) in [5.41, 5.74) is 6.26. The molecule has 1 aromatic heterocycles. The fraction of sp³-hybridized carbons (Fsp3) is 0. The Morgan fingerprint density at radius 2 is 1.12 bits per heavy atom. The van der Waals surface area contributed by atoms with Crippen LogP contribution in [0.4, 0.5) is 0 Å². The lowest BCUT2D eigenvalue weighted by Crippen LogP contribution is -1.96. The van der Waals surface area contributed by atoms with E-state index in [0.717, 1.165) is 33.6 Å². The van der Waals surface area contributed by atoms with Gasteiger partial charge in [-0.15, -0.1) is 0 Å². The van der Waals surface area contributed by atoms with Gasteiger partial charge in [-0.05, 0) is 23.8 Å². The lowest BCUT2D eigenvalue weighted by atomic mass is 10.0. The number of hydrogen-bond donors (Lipinski definition) is 0. The molecule has 3 nitrogen and oxygen atoms in total. The minimum atomic E-state index is -0.0224. The topological polar surface area (TPSA) is 42.9 Å². The maximum absolute atomic E-state index is 12.5. The van der Waals surface area contributed by atoms with Gasteiger partial charge in [-0.3, -0.25) is 4.79 Å². The van der Waals surface area contributed by atoms with Crippen LogP contribution in [0.15, 0.2) is 127 Å². The lowest BCUT2D eigenvalue weighted by molar-refractivity contribution is 0.104. The Morgan fingerprint density at radius 1 is 0.559 bits per heavy atom. The minimum Gasteiger partial charge on any atom is -0.289 e. The Labute approximate surface area is 199 Å². The van der Waals surface area contributed by atoms with Gasteiger partial charge in [0.2, 0.25) is 0 Å². The van der Waals surface area contributed by atoms with Crippen LogP contribution in [0.25, 0.3) is 40.0 Å². The molecule has 0 aliphatic rings. The van der Waals surface area contributed by atoms with Crippen LogP contribution in [0.1, 0.15) is 15.9 Å². The average Bonchev–Trinajstić information content (AvgIpc) is 2.93. The summed E-state index contributed by atoms with van der Waals surface area (Å²) in [6.07, 6.45) is 3.45. The Balaban J connectivity index is 1.53. The van der Waals surface area contributed by atoms with Crippen molar-refractivity contribution >= 4 is 11.9 Å². The van der Waals surface area contributed by atoms with Crippen LogP contribution in [-0.4, -0.2) is 15.8 Å². The Morgan fingerprint density at radius 3 is 1.79 bits per heavy atom. The van der Waals surface area contributed by atoms with Gasteiger partial charge < -0.3 is 0 Å². The molecule has 34 heavy (non-hydrogen) atoms. The molecule has 3 heteroatoms. The van der Waals surface area contributed by atoms with Crippen molar-refractivity contribution < 1.29 is 4.79 Å². The number of carbonyl (C=O) groups excluding carboxylic acids is 1. The number of aromatic nitrogens is 2. The van der Waals surface area contributed by atoms with Crippen LogP contribution in [0.2, 0.25) is 0 Å². The molecule has 0 saturated heterocycles. The van der Waals surface area contributed by atoms with E-state index in [1.54, 1.807) is 6.08 Å². The molecule has 0 spiro atoms. The van der Waals surface area contributed by atoms with Crippen molar-refractivity contribution in [3.8, 4) is 33.9 Å². The van der Waals surface area contributed by atoms with Crippen molar-refractivity contribution in [1.29, 1.82) is 0 Å². The molecule has 0 bridgehead atoms. The summed E-state index contributed by atoms with van der Waals surface area (Å²) in [7, 11) is 0. The number of hydrogen-bond acceptors (Lipinski definition) is 3. The Bertz CT molecular complexity index is 1390. The zero-order valence-corrected chi connectivity index (χ0v) is 18.5. The highest BCUT2D eigenvalue weighted by Gasteiger charge is 2.10. The van der Waals surface area contributed by atoms with Gasteiger partial charge in [-0.2, -0.15) is 0 Å². The number of ketones is 1. The summed E-state index contributed by atoms with van der Waals surface area (Å²) in [6.45, 7) is 0. The van der Waals surface area contributed by atoms with Crippen LogP contribution in [0, 0.1) is 0 Å². The quantitative estimate of drug-likeness (QED) is 0.205. The molecule has 0 aliphatic heterocycles. The molecule has 0 atom stereocenters. The Hall–Kier alpha value is -4.63. The predicted molar refractivity (Wildman–Crippen MR) is 138 cm³/mol. The largest absolute Gasteiger partial charge is 0.289 e. The zero-order chi connectivity index (χ0) is 23.2. The van der Waals surface area contributed by atoms with E-state index in [2.05, 4.69) is 12.1 Å². The molecule has 0 amide bonds. The van der Waals surface area contributed by atoms with Crippen LogP contribution >= 0.6 is 0 Å². The van der Waals surface area contributed by atoms with Gasteiger partial charge in [-0.25, -0.2) is 9.97 Å². The molecule has 0 N–H and O–H groups in total. The maximum Gasteiger partial charge on any atom is 0.185 e. The van der Waals surface area contributed by atoms with E-state index in [0.29, 0.717) is 11.4 Å². The monoisotopic (exact) mass is 438 g/mol. The van der Waals surface area contributed by atoms with E-state index in [-0.39, 0.29) is 5.78 Å². The van der Waals surface area contributed by atoms with Crippen molar-refractivity contribution in [2.45, 2.75) is 0 Å². The second-order valence-electron chi connectivity index (χ2n) is 7.88. The van der Waals surface area contributed by atoms with Crippen molar-refractivity contribution in [2.75, 3.05) is 0 Å². The fourth-order valence-electron chi connectivity index (χ4n) is 3.74. The van der Waals surface area contributed by atoms with E-state index in [1.807, 2.05) is 115 Å². The predicted octanol–water partition coefficient (Wildman–Crippen LogP) is 7.37. The maximum atomic E-state index is 12.5. The summed E-state index contributed by atoms with van der Waals surface area (Å²) in [4.78, 5) is 22.2. The SMILES string of the molecule is O=C(/C=C/c1cccc(-c2cc(-c3ccccc3)nc(-c3ccccc3)n2)c1)c1ccccc1. The summed E-state index contributed by atoms with van der Waals surface area (Å²) in [6, 6.07) is 39.4. The number of nitrogens with zero attached hydrogens (tertiary/aromatic N) is 2. The van der Waals surface area contributed by atoms with E-state index < -0.39 is 0 Å². The highest BCUT2D eigenvalue weighted by molar-refractivity contribution is 6.06. The normalized spacial score (nSPS) is 10.9. The molecule has 0 unspecified atom stereocenters. The highest BCUT2D eigenvalue weighted by Crippen LogP contribution is 2.28. The van der Waals surface area contributed by atoms with Gasteiger partial charge in [0.1, 0.15) is 0 Å². The van der Waals surface area contributed by atoms with Crippen molar-refractivity contribution in [2.24, 2.45) is 0 Å². The van der Waals surface area contributed by atoms with Gasteiger partial charge in [0.05, 0.1) is 11.4 Å². The second-order valence-corrected chi connectivity index (χ2v) is 7.88. The third-order valence-electron chi connectivity index (χ3n) is 5.50. The van der Waals surface area contributed by atoms with E-state index in [1.165, 1.54) is 0 Å². The molecule has 0 fully saturated rings. The lowest BCUT2D eigenvalue weighted by Gasteiger charge is -2.10. The van der Waals surface area contributed by atoms with Crippen molar-refractivity contribution in [3.05, 3.63) is 139 Å². The standard InChI is InChI=1S/C31H22N2O/c34-30(25-14-6-2-7-15-25)20-19-23-11-10-18-27(21-23)29-22-28(24-12-4-1-5-13-24)32-31(33-29)26-16-8-3-9-17-26/h1-22H/b20-19+. The molecule has 0 radical (unpaired) electrons. The first-order valence-corrected chi connectivity index (χ1v) is 11.1. The molecule has 5 aromatic rings. The molecule has 1 heterocycles. The third kappa shape index (κ3) is 4.89. The third-order valence-corrected chi connectivity index (χ3v) is 5.50. The van der Waals surface area contributed by atoms with Gasteiger partial charge in [0, 0.05) is 22.3 Å². The molecule has 5 rings (SSSR count). The summed E-state index contributed by atoms with van der Waals surface area (Å²) >= 11 is 0. The second kappa shape index (κ2) is 9.88. The first-order chi connectivity index (χ1) is 16.8. The first kappa shape index (κ1) is 21.2. The van der Waals surface area contributed by atoms with Gasteiger partial charge in [0.25, 0.3) is 0 Å². The minimum absolute atomic E-state index is 0.0224. The molecular formula is C31H22N2O. The number of rotatable bonds is 6. The molecule has 0 saturated carbocycles. The summed E-state index contributed by atoms with van der Waals surface area (Å²) < 4.78 is 0. The fourth-order valence-corrected chi connectivity index (χ4v) is 3.74. The summed E-state index contributed by atoms with van der Waals surface area (Å²) in [5.74, 6) is 0.655.